The van der Waals surface area contributed by atoms with Gasteiger partial charge in [0.1, 0.15) is 5.82 Å². The molecule has 3 rings (SSSR count). The predicted molar refractivity (Wildman–Crippen MR) is 83.6 cm³/mol. The zero-order valence-electron chi connectivity index (χ0n) is 12.2. The molecular weight excluding hydrogens is 284 g/mol. The Labute approximate surface area is 129 Å². The average Bonchev–Trinajstić information content (AvgIpc) is 3.28. The van der Waals surface area contributed by atoms with E-state index in [4.69, 9.17) is 12.2 Å². The molecule has 1 aromatic rings. The van der Waals surface area contributed by atoms with Crippen molar-refractivity contribution in [3.05, 3.63) is 22.2 Å². The molecule has 0 aliphatic heterocycles. The lowest BCUT2D eigenvalue weighted by atomic mass is 10.1. The van der Waals surface area contributed by atoms with Crippen molar-refractivity contribution < 1.29 is 4.79 Å². The van der Waals surface area contributed by atoms with E-state index in [-0.39, 0.29) is 5.91 Å². The maximum Gasteiger partial charge on any atom is 0.246 e. The topological polar surface area (TPSA) is 62.7 Å². The highest BCUT2D eigenvalue weighted by Crippen LogP contribution is 2.38. The molecule has 0 aromatic carbocycles. The van der Waals surface area contributed by atoms with Gasteiger partial charge in [-0.25, -0.2) is 0 Å². The summed E-state index contributed by atoms with van der Waals surface area (Å²) in [6.45, 7) is 1.30. The van der Waals surface area contributed by atoms with Gasteiger partial charge in [-0.2, -0.15) is 5.10 Å². The fourth-order valence-corrected chi connectivity index (χ4v) is 3.05. The summed E-state index contributed by atoms with van der Waals surface area (Å²) in [6, 6.07) is 0. The molecular formula is C15H22N4OS. The maximum absolute atomic E-state index is 12.2. The van der Waals surface area contributed by atoms with E-state index in [9.17, 15) is 4.79 Å². The molecule has 1 heterocycles. The first-order valence-electron chi connectivity index (χ1n) is 7.88. The molecule has 1 aromatic heterocycles. The number of rotatable bonds is 5. The molecule has 5 nitrogen and oxygen atoms in total. The minimum absolute atomic E-state index is 0.0832. The van der Waals surface area contributed by atoms with Crippen molar-refractivity contribution in [2.45, 2.75) is 57.4 Å². The summed E-state index contributed by atoms with van der Waals surface area (Å²) in [5.74, 6) is 1.68. The lowest BCUT2D eigenvalue weighted by Crippen LogP contribution is -2.29. The number of nitrogens with zero attached hydrogens (tertiary/aromatic N) is 2. The maximum atomic E-state index is 12.2. The Morgan fingerprint density at radius 1 is 1.43 bits per heavy atom. The van der Waals surface area contributed by atoms with Crippen LogP contribution in [0.4, 0.5) is 0 Å². The smallest absolute Gasteiger partial charge is 0.246 e. The second-order valence-electron chi connectivity index (χ2n) is 5.90. The van der Waals surface area contributed by atoms with E-state index in [1.54, 1.807) is 0 Å². The summed E-state index contributed by atoms with van der Waals surface area (Å²) in [4.78, 5) is 12.2. The summed E-state index contributed by atoms with van der Waals surface area (Å²) in [5, 5.41) is 10.2. The van der Waals surface area contributed by atoms with Crippen LogP contribution in [0.3, 0.4) is 0 Å². The van der Waals surface area contributed by atoms with Crippen molar-refractivity contribution in [3.63, 3.8) is 0 Å². The van der Waals surface area contributed by atoms with Gasteiger partial charge in [0.2, 0.25) is 5.91 Å². The van der Waals surface area contributed by atoms with Crippen LogP contribution in [-0.4, -0.2) is 27.2 Å². The summed E-state index contributed by atoms with van der Waals surface area (Å²) < 4.78 is 2.68. The first-order valence-corrected chi connectivity index (χ1v) is 8.29. The third-order valence-electron chi connectivity index (χ3n) is 4.18. The number of aromatic nitrogens is 3. The third-order valence-corrected chi connectivity index (χ3v) is 4.50. The van der Waals surface area contributed by atoms with Crippen molar-refractivity contribution >= 4 is 18.1 Å². The van der Waals surface area contributed by atoms with E-state index < -0.39 is 0 Å². The Balaban J connectivity index is 1.54. The van der Waals surface area contributed by atoms with Gasteiger partial charge in [-0.05, 0) is 50.7 Å². The van der Waals surface area contributed by atoms with Gasteiger partial charge < -0.3 is 9.88 Å². The van der Waals surface area contributed by atoms with E-state index in [2.05, 4.69) is 21.6 Å². The highest BCUT2D eigenvalue weighted by atomic mass is 32.1. The molecule has 114 valence electrons. The first-order chi connectivity index (χ1) is 10.3. The lowest BCUT2D eigenvalue weighted by Gasteiger charge is -2.09. The van der Waals surface area contributed by atoms with Crippen LogP contribution in [0.5, 0.6) is 0 Å². The Kier molecular flexibility index (Phi) is 4.53. The number of carbonyl (C=O) groups excluding carboxylic acids is 1. The molecule has 1 saturated carbocycles. The molecule has 1 fully saturated rings. The summed E-state index contributed by atoms with van der Waals surface area (Å²) in [6.07, 6.45) is 9.97. The highest BCUT2D eigenvalue weighted by molar-refractivity contribution is 7.71. The Bertz CT molecular complexity index is 597. The van der Waals surface area contributed by atoms with Crippen LogP contribution >= 0.6 is 12.2 Å². The highest BCUT2D eigenvalue weighted by Gasteiger charge is 2.28. The fourth-order valence-electron chi connectivity index (χ4n) is 2.82. The monoisotopic (exact) mass is 306 g/mol. The van der Waals surface area contributed by atoms with Crippen LogP contribution < -0.4 is 5.32 Å². The Hall–Kier alpha value is -1.43. The van der Waals surface area contributed by atoms with E-state index in [0.717, 1.165) is 30.7 Å². The summed E-state index contributed by atoms with van der Waals surface area (Å²) in [5.41, 5.74) is 0.950. The number of carbonyl (C=O) groups is 1. The second-order valence-corrected chi connectivity index (χ2v) is 6.28. The number of amides is 1. The van der Waals surface area contributed by atoms with Crippen molar-refractivity contribution in [2.24, 2.45) is 0 Å². The number of H-pyrrole nitrogens is 1. The number of allylic oxidation sites excluding steroid dienone is 1. The molecule has 0 radical (unpaired) electrons. The van der Waals surface area contributed by atoms with Gasteiger partial charge in [0.15, 0.2) is 4.77 Å². The molecule has 6 heteroatoms. The average molecular weight is 306 g/mol. The predicted octanol–water partition coefficient (Wildman–Crippen LogP) is 2.82. The van der Waals surface area contributed by atoms with Crippen LogP contribution in [0.15, 0.2) is 11.6 Å². The van der Waals surface area contributed by atoms with Gasteiger partial charge in [-0.3, -0.25) is 9.89 Å². The number of hydrogen-bond acceptors (Lipinski definition) is 3. The van der Waals surface area contributed by atoms with Gasteiger partial charge in [-0.15, -0.1) is 0 Å². The van der Waals surface area contributed by atoms with Gasteiger partial charge in [-0.1, -0.05) is 12.5 Å². The quantitative estimate of drug-likeness (QED) is 0.822. The Morgan fingerprint density at radius 3 is 3.10 bits per heavy atom. The van der Waals surface area contributed by atoms with Crippen molar-refractivity contribution in [1.82, 2.24) is 20.1 Å². The zero-order valence-corrected chi connectivity index (χ0v) is 13.0. The van der Waals surface area contributed by atoms with E-state index in [1.165, 1.54) is 25.7 Å². The Morgan fingerprint density at radius 2 is 2.29 bits per heavy atom. The number of hydrogen-bond donors (Lipinski definition) is 2. The SMILES string of the molecule is O=C(NCCn1c(C2CC2)n[nH]c1=S)C1=CCCCCC1. The minimum atomic E-state index is 0.0832. The largest absolute Gasteiger partial charge is 0.351 e. The van der Waals surface area contributed by atoms with Crippen LogP contribution in [0.2, 0.25) is 0 Å². The number of nitrogens with one attached hydrogen (secondary N) is 2. The van der Waals surface area contributed by atoms with Gasteiger partial charge in [0, 0.05) is 24.6 Å². The summed E-state index contributed by atoms with van der Waals surface area (Å²) in [7, 11) is 0. The molecule has 2 aliphatic rings. The zero-order chi connectivity index (χ0) is 14.7. The van der Waals surface area contributed by atoms with Gasteiger partial charge >= 0.3 is 0 Å². The molecule has 1 amide bonds. The van der Waals surface area contributed by atoms with E-state index >= 15 is 0 Å². The standard InChI is InChI=1S/C15H22N4OS/c20-14(12-5-3-1-2-4-6-12)16-9-10-19-13(11-7-8-11)17-18-15(19)21/h5,11H,1-4,6-10H2,(H,16,20)(H,18,21). The molecule has 2 aliphatic carbocycles. The summed E-state index contributed by atoms with van der Waals surface area (Å²) >= 11 is 5.26. The van der Waals surface area contributed by atoms with Gasteiger partial charge in [0.05, 0.1) is 0 Å². The van der Waals surface area contributed by atoms with Crippen molar-refractivity contribution in [3.8, 4) is 0 Å². The molecule has 0 bridgehead atoms. The van der Waals surface area contributed by atoms with E-state index in [1.807, 2.05) is 4.57 Å². The third kappa shape index (κ3) is 3.61. The molecule has 0 spiro atoms. The van der Waals surface area contributed by atoms with E-state index in [0.29, 0.717) is 23.8 Å². The fraction of sp³-hybridized carbons (Fsp3) is 0.667. The van der Waals surface area contributed by atoms with Crippen molar-refractivity contribution in [1.29, 1.82) is 0 Å². The molecule has 0 atom stereocenters. The minimum Gasteiger partial charge on any atom is -0.351 e. The number of aromatic amines is 1. The molecule has 21 heavy (non-hydrogen) atoms. The normalized spacial score (nSPS) is 19.0. The molecule has 0 unspecified atom stereocenters. The molecule has 2 N–H and O–H groups in total. The lowest BCUT2D eigenvalue weighted by molar-refractivity contribution is -0.117. The second kappa shape index (κ2) is 6.56. The molecule has 0 saturated heterocycles. The van der Waals surface area contributed by atoms with Crippen LogP contribution in [0.1, 0.15) is 56.7 Å². The van der Waals surface area contributed by atoms with Crippen LogP contribution in [-0.2, 0) is 11.3 Å². The van der Waals surface area contributed by atoms with Crippen molar-refractivity contribution in [2.75, 3.05) is 6.54 Å². The van der Waals surface area contributed by atoms with Crippen LogP contribution in [0, 0.1) is 4.77 Å². The first kappa shape index (κ1) is 14.5. The van der Waals surface area contributed by atoms with Crippen LogP contribution in [0.25, 0.3) is 0 Å². The van der Waals surface area contributed by atoms with Gasteiger partial charge in [0.25, 0.3) is 0 Å².